The topological polar surface area (TPSA) is 83.9 Å². The van der Waals surface area contributed by atoms with Gasteiger partial charge in [-0.3, -0.25) is 4.31 Å². The molecule has 6 nitrogen and oxygen atoms in total. The van der Waals surface area contributed by atoms with Crippen molar-refractivity contribution in [2.75, 3.05) is 16.6 Å². The first-order valence-electron chi connectivity index (χ1n) is 9.70. The summed E-state index contributed by atoms with van der Waals surface area (Å²) in [6.45, 7) is 8.30. The smallest absolute Gasteiger partial charge is 0.335 e. The molecular weight excluding hydrogens is 390 g/mol. The lowest BCUT2D eigenvalue weighted by Gasteiger charge is -2.28. The van der Waals surface area contributed by atoms with E-state index in [1.807, 2.05) is 39.8 Å². The summed E-state index contributed by atoms with van der Waals surface area (Å²) in [6, 6.07) is 11.9. The van der Waals surface area contributed by atoms with Crippen LogP contribution >= 0.6 is 0 Å². The Morgan fingerprint density at radius 1 is 1.14 bits per heavy atom. The molecule has 0 aliphatic carbocycles. The van der Waals surface area contributed by atoms with E-state index in [9.17, 15) is 13.2 Å². The lowest BCUT2D eigenvalue weighted by atomic mass is 10.1. The Morgan fingerprint density at radius 3 is 2.34 bits per heavy atom. The number of hydrogen-bond donors (Lipinski definition) is 1. The van der Waals surface area contributed by atoms with E-state index in [0.29, 0.717) is 24.4 Å². The zero-order valence-corrected chi connectivity index (χ0v) is 18.2. The van der Waals surface area contributed by atoms with Crippen LogP contribution in [-0.4, -0.2) is 31.8 Å². The van der Waals surface area contributed by atoms with E-state index >= 15 is 0 Å². The Balaban J connectivity index is 2.34. The minimum absolute atomic E-state index is 0.0731. The molecule has 0 saturated heterocycles. The summed E-state index contributed by atoms with van der Waals surface area (Å²) >= 11 is 0. The van der Waals surface area contributed by atoms with Crippen LogP contribution in [0.2, 0.25) is 0 Å². The van der Waals surface area contributed by atoms with Gasteiger partial charge in [-0.25, -0.2) is 13.2 Å². The maximum absolute atomic E-state index is 12.9. The Morgan fingerprint density at radius 2 is 1.79 bits per heavy atom. The fraction of sp³-hybridized carbons (Fsp3) is 0.409. The lowest BCUT2D eigenvalue weighted by Crippen LogP contribution is -2.36. The molecule has 0 bridgehead atoms. The van der Waals surface area contributed by atoms with Gasteiger partial charge in [-0.15, -0.1) is 0 Å². The van der Waals surface area contributed by atoms with Gasteiger partial charge in [-0.2, -0.15) is 0 Å². The second kappa shape index (κ2) is 9.78. The van der Waals surface area contributed by atoms with Crippen molar-refractivity contribution >= 4 is 21.7 Å². The van der Waals surface area contributed by atoms with Crippen LogP contribution in [0.4, 0.5) is 5.69 Å². The van der Waals surface area contributed by atoms with Crippen molar-refractivity contribution in [3.05, 3.63) is 59.2 Å². The van der Waals surface area contributed by atoms with E-state index in [1.165, 1.54) is 16.4 Å². The summed E-state index contributed by atoms with van der Waals surface area (Å²) in [7, 11) is -3.47. The highest BCUT2D eigenvalue weighted by atomic mass is 32.2. The third-order valence-electron chi connectivity index (χ3n) is 4.31. The van der Waals surface area contributed by atoms with E-state index in [1.54, 1.807) is 18.2 Å². The van der Waals surface area contributed by atoms with E-state index in [4.69, 9.17) is 9.84 Å². The van der Waals surface area contributed by atoms with Crippen LogP contribution in [0.1, 0.15) is 48.7 Å². The zero-order chi connectivity index (χ0) is 21.6. The Bertz CT molecular complexity index is 936. The molecule has 0 aromatic heterocycles. The van der Waals surface area contributed by atoms with Gasteiger partial charge < -0.3 is 9.84 Å². The van der Waals surface area contributed by atoms with Gasteiger partial charge in [0.25, 0.3) is 0 Å². The molecule has 0 fully saturated rings. The first-order valence-corrected chi connectivity index (χ1v) is 11.3. The SMILES string of the molecule is CCCS(=O)(=O)N(CC(C)C)c1ccc(C)cc1OCc1ccc(C(=O)O)cc1. The highest BCUT2D eigenvalue weighted by Crippen LogP contribution is 2.33. The molecule has 0 aliphatic rings. The maximum Gasteiger partial charge on any atom is 0.335 e. The number of ether oxygens (including phenoxy) is 1. The summed E-state index contributed by atoms with van der Waals surface area (Å²) in [5.41, 5.74) is 2.50. The van der Waals surface area contributed by atoms with Crippen LogP contribution < -0.4 is 9.04 Å². The molecule has 2 rings (SSSR count). The lowest BCUT2D eigenvalue weighted by molar-refractivity contribution is 0.0697. The molecule has 0 unspecified atom stereocenters. The van der Waals surface area contributed by atoms with Gasteiger partial charge in [0, 0.05) is 6.54 Å². The Kier molecular flexibility index (Phi) is 7.67. The van der Waals surface area contributed by atoms with Crippen LogP contribution in [0, 0.1) is 12.8 Å². The standard InChI is InChI=1S/C22H29NO5S/c1-5-12-29(26,27)23(14-16(2)3)20-11-6-17(4)13-21(20)28-15-18-7-9-19(10-8-18)22(24)25/h6-11,13,16H,5,12,14-15H2,1-4H3,(H,24,25). The van der Waals surface area contributed by atoms with Crippen molar-refractivity contribution in [3.63, 3.8) is 0 Å². The van der Waals surface area contributed by atoms with Gasteiger partial charge in [0.2, 0.25) is 10.0 Å². The molecule has 7 heteroatoms. The number of carboxylic acid groups (broad SMARTS) is 1. The molecule has 0 aliphatic heterocycles. The summed E-state index contributed by atoms with van der Waals surface area (Å²) in [6.07, 6.45) is 0.537. The predicted octanol–water partition coefficient (Wildman–Crippen LogP) is 4.47. The molecule has 1 N–H and O–H groups in total. The number of carbonyl (C=O) groups is 1. The normalized spacial score (nSPS) is 11.5. The molecule has 2 aromatic carbocycles. The van der Waals surface area contributed by atoms with Gasteiger partial charge >= 0.3 is 5.97 Å². The number of rotatable bonds is 10. The largest absolute Gasteiger partial charge is 0.487 e. The average Bonchev–Trinajstić information content (AvgIpc) is 2.65. The molecule has 0 saturated carbocycles. The van der Waals surface area contributed by atoms with Crippen LogP contribution in [0.15, 0.2) is 42.5 Å². The summed E-state index contributed by atoms with van der Waals surface area (Å²) in [5.74, 6) is -0.264. The molecule has 2 aromatic rings. The quantitative estimate of drug-likeness (QED) is 0.614. The first kappa shape index (κ1) is 22.7. The fourth-order valence-electron chi connectivity index (χ4n) is 2.91. The van der Waals surface area contributed by atoms with Gasteiger partial charge in [0.05, 0.1) is 17.0 Å². The Hall–Kier alpha value is -2.54. The van der Waals surface area contributed by atoms with Gasteiger partial charge in [0.1, 0.15) is 12.4 Å². The van der Waals surface area contributed by atoms with Crippen molar-refractivity contribution in [3.8, 4) is 5.75 Å². The summed E-state index contributed by atoms with van der Waals surface area (Å²) < 4.78 is 33.2. The van der Waals surface area contributed by atoms with E-state index in [2.05, 4.69) is 0 Å². The number of aromatic carboxylic acids is 1. The van der Waals surface area contributed by atoms with E-state index < -0.39 is 16.0 Å². The van der Waals surface area contributed by atoms with Gasteiger partial charge in [-0.1, -0.05) is 39.0 Å². The van der Waals surface area contributed by atoms with E-state index in [0.717, 1.165) is 11.1 Å². The fourth-order valence-corrected chi connectivity index (χ4v) is 4.62. The minimum atomic E-state index is -3.47. The molecule has 158 valence electrons. The monoisotopic (exact) mass is 419 g/mol. The van der Waals surface area contributed by atoms with Crippen molar-refractivity contribution in [1.82, 2.24) is 0 Å². The maximum atomic E-state index is 12.9. The molecule has 0 heterocycles. The molecule has 0 atom stereocenters. The number of aryl methyl sites for hydroxylation is 1. The molecule has 0 radical (unpaired) electrons. The predicted molar refractivity (Wildman–Crippen MR) is 115 cm³/mol. The number of nitrogens with zero attached hydrogens (tertiary/aromatic N) is 1. The second-order valence-electron chi connectivity index (χ2n) is 7.50. The van der Waals surface area contributed by atoms with Crippen molar-refractivity contribution in [2.45, 2.75) is 40.7 Å². The Labute approximate surface area is 173 Å². The second-order valence-corrected chi connectivity index (χ2v) is 9.52. The summed E-state index contributed by atoms with van der Waals surface area (Å²) in [5, 5.41) is 9.01. The third kappa shape index (κ3) is 6.22. The van der Waals surface area contributed by atoms with Crippen molar-refractivity contribution < 1.29 is 23.1 Å². The minimum Gasteiger partial charge on any atom is -0.487 e. The van der Waals surface area contributed by atoms with Crippen LogP contribution in [-0.2, 0) is 16.6 Å². The number of benzene rings is 2. The first-order chi connectivity index (χ1) is 13.6. The van der Waals surface area contributed by atoms with E-state index in [-0.39, 0.29) is 23.8 Å². The number of carboxylic acids is 1. The number of sulfonamides is 1. The molecule has 0 spiro atoms. The molecular formula is C22H29NO5S. The highest BCUT2D eigenvalue weighted by molar-refractivity contribution is 7.92. The highest BCUT2D eigenvalue weighted by Gasteiger charge is 2.25. The molecule has 0 amide bonds. The average molecular weight is 420 g/mol. The van der Waals surface area contributed by atoms with Crippen molar-refractivity contribution in [2.24, 2.45) is 5.92 Å². The van der Waals surface area contributed by atoms with Crippen molar-refractivity contribution in [1.29, 1.82) is 0 Å². The van der Waals surface area contributed by atoms with Gasteiger partial charge in [0.15, 0.2) is 0 Å². The third-order valence-corrected chi connectivity index (χ3v) is 6.25. The van der Waals surface area contributed by atoms with Crippen LogP contribution in [0.25, 0.3) is 0 Å². The number of anilines is 1. The van der Waals surface area contributed by atoms with Crippen LogP contribution in [0.3, 0.4) is 0 Å². The molecule has 29 heavy (non-hydrogen) atoms. The van der Waals surface area contributed by atoms with Crippen LogP contribution in [0.5, 0.6) is 5.75 Å². The number of hydrogen-bond acceptors (Lipinski definition) is 4. The zero-order valence-electron chi connectivity index (χ0n) is 17.4. The summed E-state index contributed by atoms with van der Waals surface area (Å²) in [4.78, 5) is 11.0. The van der Waals surface area contributed by atoms with Gasteiger partial charge in [-0.05, 0) is 54.7 Å².